The number of hydrogen-bond acceptors (Lipinski definition) is 3. The van der Waals surface area contributed by atoms with Gasteiger partial charge in [0, 0.05) is 21.2 Å². The van der Waals surface area contributed by atoms with Gasteiger partial charge in [0.1, 0.15) is 11.6 Å². The molecule has 2 nitrogen and oxygen atoms in total. The molecule has 0 saturated carbocycles. The van der Waals surface area contributed by atoms with Gasteiger partial charge in [-0.2, -0.15) is 0 Å². The van der Waals surface area contributed by atoms with E-state index in [1.807, 2.05) is 12.1 Å². The Bertz CT molecular complexity index is 642. The molecule has 0 aliphatic heterocycles. The van der Waals surface area contributed by atoms with Crippen LogP contribution in [0.3, 0.4) is 0 Å². The highest BCUT2D eigenvalue weighted by atomic mass is 79.9. The average molecular weight is 394 g/mol. The fourth-order valence-electron chi connectivity index (χ4n) is 1.81. The molecule has 1 unspecified atom stereocenters. The number of nitrogens with two attached hydrogens (primary N) is 1. The van der Waals surface area contributed by atoms with Crippen LogP contribution in [0.2, 0.25) is 5.02 Å². The molecule has 0 aliphatic carbocycles. The minimum atomic E-state index is -0.661. The molecule has 0 aromatic heterocycles. The van der Waals surface area contributed by atoms with Gasteiger partial charge in [0.05, 0.1) is 10.5 Å². The van der Waals surface area contributed by atoms with Crippen LogP contribution in [0.4, 0.5) is 8.78 Å². The van der Waals surface area contributed by atoms with E-state index in [-0.39, 0.29) is 10.0 Å². The zero-order chi connectivity index (χ0) is 15.4. The maximum Gasteiger partial charge on any atom is 0.145 e. The maximum atomic E-state index is 14.1. The molecule has 2 aromatic rings. The van der Waals surface area contributed by atoms with Crippen LogP contribution in [0.15, 0.2) is 45.8 Å². The number of thioether (sulfide) groups is 1. The first-order valence-corrected chi connectivity index (χ1v) is 8.16. The Hall–Kier alpha value is -0.660. The number of halogens is 4. The van der Waals surface area contributed by atoms with Gasteiger partial charge in [0.15, 0.2) is 0 Å². The van der Waals surface area contributed by atoms with Crippen molar-refractivity contribution in [2.24, 2.45) is 5.84 Å². The highest BCUT2D eigenvalue weighted by molar-refractivity contribution is 9.10. The van der Waals surface area contributed by atoms with E-state index >= 15 is 0 Å². The van der Waals surface area contributed by atoms with Crippen molar-refractivity contribution in [2.45, 2.75) is 10.9 Å². The molecule has 0 saturated heterocycles. The quantitative estimate of drug-likeness (QED) is 0.335. The van der Waals surface area contributed by atoms with Crippen LogP contribution in [-0.2, 0) is 0 Å². The van der Waals surface area contributed by atoms with Crippen molar-refractivity contribution in [2.75, 3.05) is 5.75 Å². The number of rotatable bonds is 5. The second-order valence-electron chi connectivity index (χ2n) is 4.24. The van der Waals surface area contributed by atoms with E-state index in [0.29, 0.717) is 10.8 Å². The summed E-state index contributed by atoms with van der Waals surface area (Å²) in [6.45, 7) is 0. The molecule has 0 spiro atoms. The molecular formula is C14H12BrClF2N2S. The number of hydrogen-bond donors (Lipinski definition) is 2. The van der Waals surface area contributed by atoms with Crippen molar-refractivity contribution in [3.05, 3.63) is 63.1 Å². The van der Waals surface area contributed by atoms with E-state index < -0.39 is 17.7 Å². The lowest BCUT2D eigenvalue weighted by Crippen LogP contribution is -2.31. The number of benzene rings is 2. The third kappa shape index (κ3) is 4.17. The van der Waals surface area contributed by atoms with Crippen molar-refractivity contribution < 1.29 is 8.78 Å². The Labute approximate surface area is 139 Å². The van der Waals surface area contributed by atoms with E-state index in [1.54, 1.807) is 12.1 Å². The minimum Gasteiger partial charge on any atom is -0.271 e. The van der Waals surface area contributed by atoms with Gasteiger partial charge in [-0.15, -0.1) is 11.8 Å². The summed E-state index contributed by atoms with van der Waals surface area (Å²) < 4.78 is 28.1. The summed E-state index contributed by atoms with van der Waals surface area (Å²) in [6, 6.07) is 9.10. The van der Waals surface area contributed by atoms with Crippen LogP contribution in [0.25, 0.3) is 0 Å². The lowest BCUT2D eigenvalue weighted by atomic mass is 10.1. The first kappa shape index (κ1) is 16.7. The summed E-state index contributed by atoms with van der Waals surface area (Å²) in [5, 5.41) is 0.608. The molecule has 112 valence electrons. The highest BCUT2D eigenvalue weighted by Crippen LogP contribution is 2.31. The first-order chi connectivity index (χ1) is 10.0. The summed E-state index contributed by atoms with van der Waals surface area (Å²) in [4.78, 5) is 0.901. The topological polar surface area (TPSA) is 38.0 Å². The van der Waals surface area contributed by atoms with Gasteiger partial charge in [-0.25, -0.2) is 8.78 Å². The van der Waals surface area contributed by atoms with E-state index in [1.165, 1.54) is 23.9 Å². The molecule has 1 atom stereocenters. The van der Waals surface area contributed by atoms with Crippen LogP contribution in [0.5, 0.6) is 0 Å². The van der Waals surface area contributed by atoms with Crippen molar-refractivity contribution >= 4 is 39.3 Å². The minimum absolute atomic E-state index is 0.0820. The largest absolute Gasteiger partial charge is 0.271 e. The van der Waals surface area contributed by atoms with Crippen LogP contribution in [0, 0.1) is 11.6 Å². The van der Waals surface area contributed by atoms with E-state index in [4.69, 9.17) is 17.4 Å². The second kappa shape index (κ2) is 7.56. The van der Waals surface area contributed by atoms with Crippen LogP contribution in [0.1, 0.15) is 11.6 Å². The SMILES string of the molecule is NNC(CSc1cccc(Cl)c1)c1c(F)ccc(Br)c1F. The monoisotopic (exact) mass is 392 g/mol. The summed E-state index contributed by atoms with van der Waals surface area (Å²) in [5.74, 6) is 4.53. The molecule has 0 radical (unpaired) electrons. The zero-order valence-electron chi connectivity index (χ0n) is 10.7. The average Bonchev–Trinajstić information content (AvgIpc) is 2.46. The normalized spacial score (nSPS) is 12.4. The van der Waals surface area contributed by atoms with E-state index in [0.717, 1.165) is 4.90 Å². The molecule has 3 N–H and O–H groups in total. The number of nitrogens with one attached hydrogen (secondary N) is 1. The highest BCUT2D eigenvalue weighted by Gasteiger charge is 2.21. The van der Waals surface area contributed by atoms with Crippen molar-refractivity contribution in [3.63, 3.8) is 0 Å². The standard InChI is InChI=1S/C14H12BrClF2N2S/c15-10-4-5-11(17)13(14(10)18)12(20-19)7-21-9-3-1-2-8(16)6-9/h1-6,12,20H,7,19H2. The van der Waals surface area contributed by atoms with E-state index in [2.05, 4.69) is 21.4 Å². The summed E-state index contributed by atoms with van der Waals surface area (Å²) in [5.41, 5.74) is 2.38. The third-order valence-corrected chi connectivity index (χ3v) is 4.78. The van der Waals surface area contributed by atoms with Gasteiger partial charge in [-0.05, 0) is 46.3 Å². The fourth-order valence-corrected chi connectivity index (χ4v) is 3.42. The molecule has 7 heteroatoms. The van der Waals surface area contributed by atoms with Gasteiger partial charge in [-0.3, -0.25) is 11.3 Å². The Morgan fingerprint density at radius 2 is 2.05 bits per heavy atom. The Balaban J connectivity index is 2.19. The smallest absolute Gasteiger partial charge is 0.145 e. The molecular weight excluding hydrogens is 382 g/mol. The Morgan fingerprint density at radius 3 is 2.71 bits per heavy atom. The molecule has 0 fully saturated rings. The fraction of sp³-hybridized carbons (Fsp3) is 0.143. The molecule has 0 bridgehead atoms. The Morgan fingerprint density at radius 1 is 1.29 bits per heavy atom. The predicted molar refractivity (Wildman–Crippen MR) is 86.3 cm³/mol. The van der Waals surface area contributed by atoms with Crippen LogP contribution < -0.4 is 11.3 Å². The van der Waals surface area contributed by atoms with Gasteiger partial charge >= 0.3 is 0 Å². The summed E-state index contributed by atoms with van der Waals surface area (Å²) >= 11 is 10.4. The van der Waals surface area contributed by atoms with Gasteiger partial charge in [0.2, 0.25) is 0 Å². The summed E-state index contributed by atoms with van der Waals surface area (Å²) in [7, 11) is 0. The lowest BCUT2D eigenvalue weighted by Gasteiger charge is -2.18. The predicted octanol–water partition coefficient (Wildman–Crippen LogP) is 4.68. The van der Waals surface area contributed by atoms with E-state index in [9.17, 15) is 8.78 Å². The molecule has 2 aromatic carbocycles. The molecule has 0 amide bonds. The van der Waals surface area contributed by atoms with Crippen LogP contribution in [-0.4, -0.2) is 5.75 Å². The molecule has 21 heavy (non-hydrogen) atoms. The second-order valence-corrected chi connectivity index (χ2v) is 6.63. The molecule has 0 heterocycles. The molecule has 2 rings (SSSR count). The van der Waals surface area contributed by atoms with Crippen molar-refractivity contribution in [1.82, 2.24) is 5.43 Å². The number of hydrazine groups is 1. The Kier molecular flexibility index (Phi) is 6.01. The van der Waals surface area contributed by atoms with Crippen LogP contribution >= 0.6 is 39.3 Å². The van der Waals surface area contributed by atoms with Gasteiger partial charge < -0.3 is 0 Å². The zero-order valence-corrected chi connectivity index (χ0v) is 13.9. The van der Waals surface area contributed by atoms with Crippen molar-refractivity contribution in [1.29, 1.82) is 0 Å². The van der Waals surface area contributed by atoms with Gasteiger partial charge in [0.25, 0.3) is 0 Å². The molecule has 0 aliphatic rings. The summed E-state index contributed by atoms with van der Waals surface area (Å²) in [6.07, 6.45) is 0. The lowest BCUT2D eigenvalue weighted by molar-refractivity contribution is 0.497. The van der Waals surface area contributed by atoms with Crippen molar-refractivity contribution in [3.8, 4) is 0 Å². The first-order valence-electron chi connectivity index (χ1n) is 6.01. The third-order valence-electron chi connectivity index (χ3n) is 2.84. The van der Waals surface area contributed by atoms with Gasteiger partial charge in [-0.1, -0.05) is 17.7 Å². The maximum absolute atomic E-state index is 14.1.